The van der Waals surface area contributed by atoms with E-state index in [1.54, 1.807) is 44.2 Å². The number of carbonyl (C=O) groups is 6. The number of carbonyl (C=O) groups excluding carboxylic acids is 4. The van der Waals surface area contributed by atoms with Crippen LogP contribution in [0.1, 0.15) is 51.5 Å². The molecule has 0 aliphatic heterocycles. The van der Waals surface area contributed by atoms with Crippen molar-refractivity contribution in [2.24, 2.45) is 17.4 Å². The number of nitrogens with one attached hydrogen (secondary N) is 3. The van der Waals surface area contributed by atoms with Gasteiger partial charge in [0.2, 0.25) is 23.6 Å². The van der Waals surface area contributed by atoms with Gasteiger partial charge in [-0.25, -0.2) is 4.79 Å². The van der Waals surface area contributed by atoms with E-state index in [1.165, 1.54) is 0 Å². The molecule has 4 amide bonds. The summed E-state index contributed by atoms with van der Waals surface area (Å²) in [6.45, 7) is 3.39. The van der Waals surface area contributed by atoms with Gasteiger partial charge in [-0.3, -0.25) is 24.0 Å². The first-order chi connectivity index (χ1) is 17.8. The van der Waals surface area contributed by atoms with Crippen molar-refractivity contribution in [1.29, 1.82) is 0 Å². The van der Waals surface area contributed by atoms with Gasteiger partial charge in [0.15, 0.2) is 0 Å². The molecule has 5 unspecified atom stereocenters. The number of carboxylic acid groups (broad SMARTS) is 2. The molecule has 0 saturated heterocycles. The summed E-state index contributed by atoms with van der Waals surface area (Å²) in [6, 6.07) is 3.68. The normalized spacial score (nSPS) is 14.7. The van der Waals surface area contributed by atoms with Crippen molar-refractivity contribution in [3.63, 3.8) is 0 Å². The lowest BCUT2D eigenvalue weighted by Gasteiger charge is -2.26. The van der Waals surface area contributed by atoms with Crippen molar-refractivity contribution < 1.29 is 39.0 Å². The first kappa shape index (κ1) is 32.0. The first-order valence-electron chi connectivity index (χ1n) is 12.3. The third-order valence-electron chi connectivity index (χ3n) is 6.01. The highest BCUT2D eigenvalue weighted by Gasteiger charge is 2.32. The van der Waals surface area contributed by atoms with E-state index in [9.17, 15) is 33.9 Å². The van der Waals surface area contributed by atoms with E-state index in [-0.39, 0.29) is 25.7 Å². The Labute approximate surface area is 220 Å². The SMILES string of the molecule is CCC(C)C(NC(=O)C(CCC(=O)O)NC(=O)C(Cc1ccccc1)NC(=O)C(N)CCC(N)=O)C(=O)O. The first-order valence-corrected chi connectivity index (χ1v) is 12.3. The van der Waals surface area contributed by atoms with Crippen molar-refractivity contribution in [2.75, 3.05) is 0 Å². The molecule has 0 bridgehead atoms. The lowest BCUT2D eigenvalue weighted by Crippen LogP contribution is -2.58. The van der Waals surface area contributed by atoms with Gasteiger partial charge in [0, 0.05) is 19.3 Å². The highest BCUT2D eigenvalue weighted by molar-refractivity contribution is 5.94. The van der Waals surface area contributed by atoms with E-state index in [0.29, 0.717) is 12.0 Å². The molecule has 38 heavy (non-hydrogen) atoms. The molecule has 13 heteroatoms. The number of rotatable bonds is 17. The Kier molecular flexibility index (Phi) is 13.5. The van der Waals surface area contributed by atoms with Gasteiger partial charge >= 0.3 is 11.9 Å². The van der Waals surface area contributed by atoms with Gasteiger partial charge in [-0.2, -0.15) is 0 Å². The molecule has 9 N–H and O–H groups in total. The summed E-state index contributed by atoms with van der Waals surface area (Å²) in [5.74, 6) is -5.95. The number of amides is 4. The Bertz CT molecular complexity index is 987. The predicted molar refractivity (Wildman–Crippen MR) is 136 cm³/mol. The fourth-order valence-electron chi connectivity index (χ4n) is 3.51. The quantitative estimate of drug-likeness (QED) is 0.133. The number of hydrogen-bond donors (Lipinski definition) is 7. The van der Waals surface area contributed by atoms with Crippen molar-refractivity contribution in [3.8, 4) is 0 Å². The summed E-state index contributed by atoms with van der Waals surface area (Å²) in [5, 5.41) is 25.9. The minimum Gasteiger partial charge on any atom is -0.481 e. The highest BCUT2D eigenvalue weighted by atomic mass is 16.4. The lowest BCUT2D eigenvalue weighted by molar-refractivity contribution is -0.144. The van der Waals surface area contributed by atoms with Crippen LogP contribution >= 0.6 is 0 Å². The molecule has 0 aliphatic carbocycles. The zero-order valence-electron chi connectivity index (χ0n) is 21.5. The van der Waals surface area contributed by atoms with Gasteiger partial charge in [-0.15, -0.1) is 0 Å². The second kappa shape index (κ2) is 16.0. The van der Waals surface area contributed by atoms with Crippen LogP contribution in [0.15, 0.2) is 30.3 Å². The van der Waals surface area contributed by atoms with E-state index >= 15 is 0 Å². The zero-order valence-corrected chi connectivity index (χ0v) is 21.5. The third kappa shape index (κ3) is 11.4. The monoisotopic (exact) mass is 535 g/mol. The Morgan fingerprint density at radius 2 is 1.42 bits per heavy atom. The minimum atomic E-state index is -1.39. The van der Waals surface area contributed by atoms with Gasteiger partial charge in [0.25, 0.3) is 0 Å². The van der Waals surface area contributed by atoms with Crippen molar-refractivity contribution in [3.05, 3.63) is 35.9 Å². The average Bonchev–Trinajstić information content (AvgIpc) is 2.87. The summed E-state index contributed by atoms with van der Waals surface area (Å²) < 4.78 is 0. The molecule has 0 fully saturated rings. The standard InChI is InChI=1S/C25H37N5O8/c1-3-14(2)21(25(37)38)30-23(35)17(10-12-20(32)33)28-24(36)18(13-15-7-5-4-6-8-15)29-22(34)16(26)9-11-19(27)31/h4-8,14,16-18,21H,3,9-13,26H2,1-2H3,(H2,27,31)(H,28,36)(H,29,34)(H,30,35)(H,32,33)(H,37,38). The van der Waals surface area contributed by atoms with Gasteiger partial charge in [-0.05, 0) is 24.3 Å². The summed E-state index contributed by atoms with van der Waals surface area (Å²) in [7, 11) is 0. The van der Waals surface area contributed by atoms with Crippen molar-refractivity contribution in [1.82, 2.24) is 16.0 Å². The smallest absolute Gasteiger partial charge is 0.326 e. The third-order valence-corrected chi connectivity index (χ3v) is 6.01. The molecule has 0 aromatic heterocycles. The maximum Gasteiger partial charge on any atom is 0.326 e. The van der Waals surface area contributed by atoms with E-state index in [4.69, 9.17) is 16.6 Å². The molecule has 0 spiro atoms. The fraction of sp³-hybridized carbons (Fsp3) is 0.520. The average molecular weight is 536 g/mol. The van der Waals surface area contributed by atoms with E-state index in [1.807, 2.05) is 0 Å². The topological polar surface area (TPSA) is 231 Å². The van der Waals surface area contributed by atoms with Crippen LogP contribution < -0.4 is 27.4 Å². The van der Waals surface area contributed by atoms with Crippen LogP contribution in [0.3, 0.4) is 0 Å². The summed E-state index contributed by atoms with van der Waals surface area (Å²) in [5.41, 5.74) is 11.6. The number of carboxylic acids is 2. The molecule has 0 aliphatic rings. The Balaban J connectivity index is 3.14. The molecule has 1 rings (SSSR count). The Morgan fingerprint density at radius 3 is 1.95 bits per heavy atom. The second-order valence-corrected chi connectivity index (χ2v) is 9.07. The summed E-state index contributed by atoms with van der Waals surface area (Å²) in [6.07, 6.45) is -0.514. The molecule has 1 aromatic carbocycles. The fourth-order valence-corrected chi connectivity index (χ4v) is 3.51. The molecule has 1 aromatic rings. The lowest BCUT2D eigenvalue weighted by atomic mass is 9.98. The number of benzene rings is 1. The molecule has 0 heterocycles. The van der Waals surface area contributed by atoms with Gasteiger partial charge in [0.05, 0.1) is 6.04 Å². The molecule has 5 atom stereocenters. The Hall–Kier alpha value is -4.00. The van der Waals surface area contributed by atoms with Crippen molar-refractivity contribution >= 4 is 35.6 Å². The van der Waals surface area contributed by atoms with E-state index < -0.39 is 72.1 Å². The number of nitrogens with two attached hydrogens (primary N) is 2. The van der Waals surface area contributed by atoms with Crippen LogP contribution in [-0.4, -0.2) is 69.9 Å². The zero-order chi connectivity index (χ0) is 28.8. The maximum atomic E-state index is 13.3. The molecule has 0 saturated carbocycles. The molecule has 210 valence electrons. The van der Waals surface area contributed by atoms with Crippen LogP contribution in [0.25, 0.3) is 0 Å². The largest absolute Gasteiger partial charge is 0.481 e. The number of hydrogen-bond acceptors (Lipinski definition) is 7. The predicted octanol–water partition coefficient (Wildman–Crippen LogP) is -0.728. The Morgan fingerprint density at radius 1 is 0.842 bits per heavy atom. The van der Waals surface area contributed by atoms with E-state index in [2.05, 4.69) is 16.0 Å². The maximum absolute atomic E-state index is 13.3. The van der Waals surface area contributed by atoms with Crippen LogP contribution in [0.5, 0.6) is 0 Å². The summed E-state index contributed by atoms with van der Waals surface area (Å²) >= 11 is 0. The molecule has 13 nitrogen and oxygen atoms in total. The van der Waals surface area contributed by atoms with E-state index in [0.717, 1.165) is 0 Å². The minimum absolute atomic E-state index is 0.0127. The molecular weight excluding hydrogens is 498 g/mol. The molecular formula is C25H37N5O8. The second-order valence-electron chi connectivity index (χ2n) is 9.07. The summed E-state index contributed by atoms with van der Waals surface area (Å²) in [4.78, 5) is 72.7. The van der Waals surface area contributed by atoms with Gasteiger partial charge in [-0.1, -0.05) is 50.6 Å². The molecule has 0 radical (unpaired) electrons. The van der Waals surface area contributed by atoms with Gasteiger partial charge < -0.3 is 37.6 Å². The van der Waals surface area contributed by atoms with Crippen LogP contribution in [0.2, 0.25) is 0 Å². The number of aliphatic carboxylic acids is 2. The van der Waals surface area contributed by atoms with Crippen molar-refractivity contribution in [2.45, 2.75) is 76.5 Å². The highest BCUT2D eigenvalue weighted by Crippen LogP contribution is 2.10. The number of primary amides is 1. The van der Waals surface area contributed by atoms with Crippen LogP contribution in [0.4, 0.5) is 0 Å². The van der Waals surface area contributed by atoms with Crippen LogP contribution in [-0.2, 0) is 35.2 Å². The van der Waals surface area contributed by atoms with Crippen LogP contribution in [0, 0.1) is 5.92 Å². The van der Waals surface area contributed by atoms with Gasteiger partial charge in [0.1, 0.15) is 18.1 Å².